The van der Waals surface area contributed by atoms with Gasteiger partial charge in [-0.1, -0.05) is 43.1 Å². The number of benzene rings is 1. The number of rotatable bonds is 7. The van der Waals surface area contributed by atoms with E-state index in [0.717, 1.165) is 23.7 Å². The number of amides is 1. The molecule has 0 radical (unpaired) electrons. The summed E-state index contributed by atoms with van der Waals surface area (Å²) in [5.74, 6) is 0.134. The predicted octanol–water partition coefficient (Wildman–Crippen LogP) is 3.36. The van der Waals surface area contributed by atoms with E-state index in [2.05, 4.69) is 12.2 Å². The molecule has 5 heteroatoms. The Labute approximate surface area is 136 Å². The highest BCUT2D eigenvalue weighted by Gasteiger charge is 2.20. The normalized spacial score (nSPS) is 12.5. The first-order valence-corrected chi connectivity index (χ1v) is 8.09. The lowest BCUT2D eigenvalue weighted by molar-refractivity contribution is 0.0935. The van der Waals surface area contributed by atoms with Crippen molar-refractivity contribution in [3.63, 3.8) is 0 Å². The van der Waals surface area contributed by atoms with Crippen molar-refractivity contribution in [1.82, 2.24) is 9.88 Å². The van der Waals surface area contributed by atoms with Crippen molar-refractivity contribution in [2.24, 2.45) is 13.0 Å². The zero-order valence-corrected chi connectivity index (χ0v) is 13.9. The van der Waals surface area contributed by atoms with Crippen molar-refractivity contribution >= 4 is 28.4 Å². The van der Waals surface area contributed by atoms with Gasteiger partial charge in [0.2, 0.25) is 0 Å². The number of hydrogen-bond acceptors (Lipinski definition) is 2. The van der Waals surface area contributed by atoms with Gasteiger partial charge in [0.15, 0.2) is 0 Å². The Morgan fingerprint density at radius 2 is 2.09 bits per heavy atom. The minimum atomic E-state index is -0.164. The number of para-hydroxylation sites is 1. The minimum absolute atomic E-state index is 0.148. The molecule has 1 amide bonds. The van der Waals surface area contributed by atoms with Crippen molar-refractivity contribution in [3.05, 3.63) is 35.0 Å². The molecule has 1 aromatic heterocycles. The number of aliphatic hydroxyl groups is 1. The van der Waals surface area contributed by atoms with Gasteiger partial charge < -0.3 is 15.0 Å². The number of nitrogens with one attached hydrogen (secondary N) is 1. The Morgan fingerprint density at radius 3 is 2.73 bits per heavy atom. The van der Waals surface area contributed by atoms with Gasteiger partial charge in [0.1, 0.15) is 5.69 Å². The van der Waals surface area contributed by atoms with E-state index in [-0.39, 0.29) is 12.5 Å². The highest BCUT2D eigenvalue weighted by Crippen LogP contribution is 2.29. The van der Waals surface area contributed by atoms with Crippen molar-refractivity contribution in [3.8, 4) is 0 Å². The molecule has 0 bridgehead atoms. The van der Waals surface area contributed by atoms with Crippen LogP contribution in [-0.4, -0.2) is 28.7 Å². The second kappa shape index (κ2) is 7.65. The third kappa shape index (κ3) is 3.45. The van der Waals surface area contributed by atoms with Gasteiger partial charge in [0.05, 0.1) is 5.02 Å². The van der Waals surface area contributed by atoms with Crippen LogP contribution in [0.5, 0.6) is 0 Å². The second-order valence-corrected chi connectivity index (χ2v) is 5.99. The van der Waals surface area contributed by atoms with Gasteiger partial charge in [-0.2, -0.15) is 0 Å². The van der Waals surface area contributed by atoms with Crippen LogP contribution in [-0.2, 0) is 7.05 Å². The first-order chi connectivity index (χ1) is 10.6. The van der Waals surface area contributed by atoms with E-state index < -0.39 is 0 Å². The summed E-state index contributed by atoms with van der Waals surface area (Å²) in [6.45, 7) is 2.81. The molecule has 0 spiro atoms. The Hall–Kier alpha value is -1.52. The second-order valence-electron chi connectivity index (χ2n) is 5.62. The SMILES string of the molecule is CCCC(CCO)CNC(=O)c1c(Cl)c2ccccc2n1C. The summed E-state index contributed by atoms with van der Waals surface area (Å²) in [7, 11) is 1.85. The van der Waals surface area contributed by atoms with E-state index in [0.29, 0.717) is 29.6 Å². The van der Waals surface area contributed by atoms with Crippen molar-refractivity contribution in [1.29, 1.82) is 0 Å². The average Bonchev–Trinajstić information content (AvgIpc) is 2.77. The van der Waals surface area contributed by atoms with Crippen LogP contribution in [0.25, 0.3) is 10.9 Å². The fourth-order valence-electron chi connectivity index (χ4n) is 2.86. The molecule has 0 aliphatic heterocycles. The third-order valence-corrected chi connectivity index (χ3v) is 4.43. The molecule has 0 fully saturated rings. The fourth-order valence-corrected chi connectivity index (χ4v) is 3.23. The molecule has 2 N–H and O–H groups in total. The molecule has 4 nitrogen and oxygen atoms in total. The average molecular weight is 323 g/mol. The molecule has 1 heterocycles. The molecular weight excluding hydrogens is 300 g/mol. The maximum atomic E-state index is 12.5. The fraction of sp³-hybridized carbons (Fsp3) is 0.471. The summed E-state index contributed by atoms with van der Waals surface area (Å²) in [4.78, 5) is 12.5. The smallest absolute Gasteiger partial charge is 0.269 e. The first kappa shape index (κ1) is 16.8. The Balaban J connectivity index is 2.16. The van der Waals surface area contributed by atoms with Crippen LogP contribution in [0.3, 0.4) is 0 Å². The van der Waals surface area contributed by atoms with Crippen LogP contribution in [0, 0.1) is 5.92 Å². The minimum Gasteiger partial charge on any atom is -0.396 e. The monoisotopic (exact) mass is 322 g/mol. The van der Waals surface area contributed by atoms with E-state index >= 15 is 0 Å². The Kier molecular flexibility index (Phi) is 5.86. The zero-order chi connectivity index (χ0) is 16.1. The van der Waals surface area contributed by atoms with Crippen molar-refractivity contribution < 1.29 is 9.90 Å². The molecule has 1 atom stereocenters. The molecule has 0 aliphatic carbocycles. The number of fused-ring (bicyclic) bond motifs is 1. The highest BCUT2D eigenvalue weighted by atomic mass is 35.5. The largest absolute Gasteiger partial charge is 0.396 e. The summed E-state index contributed by atoms with van der Waals surface area (Å²) in [5.41, 5.74) is 1.43. The van der Waals surface area contributed by atoms with Gasteiger partial charge in [0, 0.05) is 31.1 Å². The summed E-state index contributed by atoms with van der Waals surface area (Å²) in [6.07, 6.45) is 2.73. The van der Waals surface area contributed by atoms with E-state index in [1.807, 2.05) is 35.9 Å². The molecule has 22 heavy (non-hydrogen) atoms. The first-order valence-electron chi connectivity index (χ1n) is 7.72. The number of hydrogen-bond donors (Lipinski definition) is 2. The number of aryl methyl sites for hydroxylation is 1. The van der Waals surface area contributed by atoms with E-state index in [1.54, 1.807) is 0 Å². The van der Waals surface area contributed by atoms with Crippen molar-refractivity contribution in [2.45, 2.75) is 26.2 Å². The van der Waals surface area contributed by atoms with E-state index in [1.165, 1.54) is 0 Å². The van der Waals surface area contributed by atoms with E-state index in [9.17, 15) is 4.79 Å². The lowest BCUT2D eigenvalue weighted by atomic mass is 10.0. The number of halogens is 1. The maximum absolute atomic E-state index is 12.5. The van der Waals surface area contributed by atoms with Crippen LogP contribution in [0.4, 0.5) is 0 Å². The quantitative estimate of drug-likeness (QED) is 0.821. The lowest BCUT2D eigenvalue weighted by Gasteiger charge is -2.16. The third-order valence-electron chi connectivity index (χ3n) is 4.05. The summed E-state index contributed by atoms with van der Waals surface area (Å²) >= 11 is 6.37. The summed E-state index contributed by atoms with van der Waals surface area (Å²) < 4.78 is 1.83. The molecule has 2 rings (SSSR count). The molecule has 1 unspecified atom stereocenters. The standard InChI is InChI=1S/C17H23ClN2O2/c1-3-6-12(9-10-21)11-19-17(22)16-15(18)13-7-4-5-8-14(13)20(16)2/h4-5,7-8,12,21H,3,6,9-11H2,1-2H3,(H,19,22). The number of carbonyl (C=O) groups is 1. The molecule has 120 valence electrons. The van der Waals surface area contributed by atoms with Gasteiger partial charge in [-0.3, -0.25) is 4.79 Å². The molecular formula is C17H23ClN2O2. The molecule has 0 aliphatic rings. The molecule has 2 aromatic rings. The van der Waals surface area contributed by atoms with Crippen LogP contribution < -0.4 is 5.32 Å². The Bertz CT molecular complexity index is 606. The molecule has 0 saturated carbocycles. The van der Waals surface area contributed by atoms with E-state index in [4.69, 9.17) is 16.7 Å². The number of nitrogens with zero attached hydrogens (tertiary/aromatic N) is 1. The van der Waals surface area contributed by atoms with Crippen LogP contribution in [0.15, 0.2) is 24.3 Å². The zero-order valence-electron chi connectivity index (χ0n) is 13.1. The van der Waals surface area contributed by atoms with Gasteiger partial charge in [-0.25, -0.2) is 0 Å². The predicted molar refractivity (Wildman–Crippen MR) is 90.4 cm³/mol. The van der Waals surface area contributed by atoms with Crippen molar-refractivity contribution in [2.75, 3.05) is 13.2 Å². The highest BCUT2D eigenvalue weighted by molar-refractivity contribution is 6.38. The summed E-state index contributed by atoms with van der Waals surface area (Å²) in [6, 6.07) is 7.71. The molecule has 0 saturated heterocycles. The molecule has 1 aromatic carbocycles. The number of aromatic nitrogens is 1. The summed E-state index contributed by atoms with van der Waals surface area (Å²) in [5, 5.41) is 13.4. The van der Waals surface area contributed by atoms with Crippen LogP contribution in [0.2, 0.25) is 5.02 Å². The van der Waals surface area contributed by atoms with Gasteiger partial charge in [-0.15, -0.1) is 0 Å². The number of aliphatic hydroxyl groups excluding tert-OH is 1. The van der Waals surface area contributed by atoms with Crippen LogP contribution >= 0.6 is 11.6 Å². The van der Waals surface area contributed by atoms with Gasteiger partial charge in [-0.05, 0) is 24.8 Å². The topological polar surface area (TPSA) is 54.3 Å². The maximum Gasteiger partial charge on any atom is 0.269 e. The van der Waals surface area contributed by atoms with Gasteiger partial charge in [0.25, 0.3) is 5.91 Å². The lowest BCUT2D eigenvalue weighted by Crippen LogP contribution is -2.31. The van der Waals surface area contributed by atoms with Gasteiger partial charge >= 0.3 is 0 Å². The van der Waals surface area contributed by atoms with Crippen LogP contribution in [0.1, 0.15) is 36.7 Å². The number of carbonyl (C=O) groups excluding carboxylic acids is 1. The Morgan fingerprint density at radius 1 is 1.36 bits per heavy atom.